The van der Waals surface area contributed by atoms with Gasteiger partial charge in [0.25, 0.3) is 9.05 Å². The highest BCUT2D eigenvalue weighted by Crippen LogP contribution is 2.33. The molecule has 5 nitrogen and oxygen atoms in total. The predicted octanol–water partition coefficient (Wildman–Crippen LogP) is 1.92. The summed E-state index contributed by atoms with van der Waals surface area (Å²) in [5, 5.41) is 0. The molecule has 0 saturated carbocycles. The van der Waals surface area contributed by atoms with Crippen molar-refractivity contribution < 1.29 is 34.7 Å². The van der Waals surface area contributed by atoms with Crippen LogP contribution in [0.4, 0.5) is 13.2 Å². The minimum Gasteiger partial charge on any atom is -0.404 e. The second-order valence-electron chi connectivity index (χ2n) is 3.37. The van der Waals surface area contributed by atoms with Gasteiger partial charge in [0.15, 0.2) is 9.84 Å². The molecule has 0 amide bonds. The Morgan fingerprint density at radius 3 is 2.05 bits per heavy atom. The topological polar surface area (TPSA) is 77.5 Å². The fraction of sp³-hybridized carbons (Fsp3) is 0.250. The van der Waals surface area contributed by atoms with E-state index in [2.05, 4.69) is 4.74 Å². The van der Waals surface area contributed by atoms with Gasteiger partial charge < -0.3 is 4.74 Å². The van der Waals surface area contributed by atoms with E-state index in [1.54, 1.807) is 0 Å². The first-order valence-corrected chi connectivity index (χ1v) is 8.55. The zero-order valence-electron chi connectivity index (χ0n) is 9.10. The first kappa shape index (κ1) is 16.1. The number of hydrogen-bond donors (Lipinski definition) is 0. The summed E-state index contributed by atoms with van der Waals surface area (Å²) in [6.45, 7) is 0. The van der Waals surface area contributed by atoms with Gasteiger partial charge in [0, 0.05) is 16.9 Å². The van der Waals surface area contributed by atoms with E-state index in [0.29, 0.717) is 12.1 Å². The lowest BCUT2D eigenvalue weighted by atomic mass is 10.3. The highest BCUT2D eigenvalue weighted by atomic mass is 35.7. The minimum absolute atomic E-state index is 0.499. The van der Waals surface area contributed by atoms with Crippen LogP contribution in [-0.2, 0) is 18.9 Å². The molecule has 0 spiro atoms. The Morgan fingerprint density at radius 2 is 1.68 bits per heavy atom. The minimum atomic E-state index is -5.14. The van der Waals surface area contributed by atoms with Gasteiger partial charge in [-0.1, -0.05) is 0 Å². The summed E-state index contributed by atoms with van der Waals surface area (Å²) < 4.78 is 84.4. The van der Waals surface area contributed by atoms with E-state index in [0.717, 1.165) is 12.3 Å². The molecule has 0 unspecified atom stereocenters. The van der Waals surface area contributed by atoms with E-state index in [1.165, 1.54) is 0 Å². The first-order chi connectivity index (χ1) is 8.31. The van der Waals surface area contributed by atoms with Crippen LogP contribution in [0.15, 0.2) is 28.0 Å². The summed E-state index contributed by atoms with van der Waals surface area (Å²) >= 11 is 0. The van der Waals surface area contributed by atoms with Crippen molar-refractivity contribution in [2.24, 2.45) is 0 Å². The summed E-state index contributed by atoms with van der Waals surface area (Å²) in [6.07, 6.45) is -4.37. The van der Waals surface area contributed by atoms with Gasteiger partial charge in [-0.15, -0.1) is 13.2 Å². The molecule has 0 radical (unpaired) electrons. The van der Waals surface area contributed by atoms with Crippen molar-refractivity contribution in [3.8, 4) is 5.75 Å². The lowest BCUT2D eigenvalue weighted by Crippen LogP contribution is -2.18. The largest absolute Gasteiger partial charge is 0.573 e. The predicted molar refractivity (Wildman–Crippen MR) is 59.3 cm³/mol. The van der Waals surface area contributed by atoms with Crippen LogP contribution in [0.25, 0.3) is 0 Å². The van der Waals surface area contributed by atoms with Gasteiger partial charge in [0.2, 0.25) is 0 Å². The van der Waals surface area contributed by atoms with Crippen molar-refractivity contribution in [2.45, 2.75) is 16.2 Å². The van der Waals surface area contributed by atoms with E-state index in [-0.39, 0.29) is 0 Å². The maximum absolute atomic E-state index is 12.1. The Hall–Kier alpha value is -1.00. The normalized spacial score (nSPS) is 13.3. The first-order valence-electron chi connectivity index (χ1n) is 4.35. The van der Waals surface area contributed by atoms with E-state index in [4.69, 9.17) is 10.7 Å². The standard InChI is InChI=1S/C8H6ClF3O5S2/c1-18(13,14)5-2-3-6(17-8(10,11)12)7(4-5)19(9,15)16/h2-4H,1H3. The molecule has 0 N–H and O–H groups in total. The zero-order valence-corrected chi connectivity index (χ0v) is 11.5. The van der Waals surface area contributed by atoms with Crippen LogP contribution in [0.3, 0.4) is 0 Å². The van der Waals surface area contributed by atoms with Crippen LogP contribution in [-0.4, -0.2) is 29.5 Å². The quantitative estimate of drug-likeness (QED) is 0.787. The maximum atomic E-state index is 12.1. The highest BCUT2D eigenvalue weighted by molar-refractivity contribution is 8.13. The van der Waals surface area contributed by atoms with Gasteiger partial charge in [-0.2, -0.15) is 0 Å². The second-order valence-corrected chi connectivity index (χ2v) is 7.92. The Balaban J connectivity index is 3.52. The molecule has 11 heteroatoms. The fourth-order valence-corrected chi connectivity index (χ4v) is 2.82. The van der Waals surface area contributed by atoms with Gasteiger partial charge in [0.1, 0.15) is 10.6 Å². The molecular weight excluding hydrogens is 333 g/mol. The van der Waals surface area contributed by atoms with Crippen LogP contribution in [0.1, 0.15) is 0 Å². The molecule has 0 bridgehead atoms. The summed E-state index contributed by atoms with van der Waals surface area (Å²) in [4.78, 5) is -1.57. The average Bonchev–Trinajstić information content (AvgIpc) is 2.11. The van der Waals surface area contributed by atoms with Crippen LogP contribution in [0, 0.1) is 0 Å². The molecule has 19 heavy (non-hydrogen) atoms. The van der Waals surface area contributed by atoms with E-state index < -0.39 is 40.8 Å². The van der Waals surface area contributed by atoms with Gasteiger partial charge in [-0.25, -0.2) is 16.8 Å². The molecule has 108 valence electrons. The fourth-order valence-electron chi connectivity index (χ4n) is 1.12. The van der Waals surface area contributed by atoms with E-state index in [1.807, 2.05) is 0 Å². The molecule has 0 saturated heterocycles. The number of hydrogen-bond acceptors (Lipinski definition) is 5. The number of benzene rings is 1. The van der Waals surface area contributed by atoms with E-state index in [9.17, 15) is 30.0 Å². The second kappa shape index (κ2) is 4.84. The highest BCUT2D eigenvalue weighted by Gasteiger charge is 2.34. The Morgan fingerprint density at radius 1 is 1.16 bits per heavy atom. The molecule has 0 heterocycles. The number of rotatable bonds is 3. The summed E-state index contributed by atoms with van der Waals surface area (Å²) in [5.41, 5.74) is 0. The monoisotopic (exact) mass is 338 g/mol. The molecule has 0 aliphatic rings. The molecular formula is C8H6ClF3O5S2. The SMILES string of the molecule is CS(=O)(=O)c1ccc(OC(F)(F)F)c(S(=O)(=O)Cl)c1. The van der Waals surface area contributed by atoms with Crippen molar-refractivity contribution in [1.82, 2.24) is 0 Å². The van der Waals surface area contributed by atoms with Gasteiger partial charge in [-0.3, -0.25) is 0 Å². The van der Waals surface area contributed by atoms with Crippen molar-refractivity contribution >= 4 is 29.6 Å². The Labute approximate surface area is 111 Å². The number of halogens is 4. The average molecular weight is 339 g/mol. The van der Waals surface area contributed by atoms with Crippen molar-refractivity contribution in [3.63, 3.8) is 0 Å². The van der Waals surface area contributed by atoms with E-state index >= 15 is 0 Å². The van der Waals surface area contributed by atoms with Crippen LogP contribution in [0.2, 0.25) is 0 Å². The molecule has 1 rings (SSSR count). The lowest BCUT2D eigenvalue weighted by molar-refractivity contribution is -0.275. The number of ether oxygens (including phenoxy) is 1. The third kappa shape index (κ3) is 4.55. The van der Waals surface area contributed by atoms with Crippen LogP contribution in [0.5, 0.6) is 5.75 Å². The van der Waals surface area contributed by atoms with Crippen molar-refractivity contribution in [2.75, 3.05) is 6.26 Å². The molecule has 1 aromatic carbocycles. The third-order valence-corrected chi connectivity index (χ3v) is 4.29. The smallest absolute Gasteiger partial charge is 0.404 e. The van der Waals surface area contributed by atoms with Gasteiger partial charge in [-0.05, 0) is 18.2 Å². The summed E-state index contributed by atoms with van der Waals surface area (Å²) in [5.74, 6) is -1.10. The molecule has 0 aliphatic heterocycles. The molecule has 0 atom stereocenters. The van der Waals surface area contributed by atoms with Gasteiger partial charge >= 0.3 is 6.36 Å². The third-order valence-electron chi connectivity index (χ3n) is 1.83. The Kier molecular flexibility index (Phi) is 4.09. The number of sulfone groups is 1. The maximum Gasteiger partial charge on any atom is 0.573 e. The summed E-state index contributed by atoms with van der Waals surface area (Å²) in [6, 6.07) is 1.85. The zero-order chi connectivity index (χ0) is 15.1. The molecule has 1 aromatic rings. The van der Waals surface area contributed by atoms with Crippen molar-refractivity contribution in [1.29, 1.82) is 0 Å². The molecule has 0 aliphatic carbocycles. The van der Waals surface area contributed by atoms with Crippen LogP contribution >= 0.6 is 10.7 Å². The summed E-state index contributed by atoms with van der Waals surface area (Å²) in [7, 11) is -3.47. The lowest BCUT2D eigenvalue weighted by Gasteiger charge is -2.12. The molecule has 0 fully saturated rings. The molecule has 0 aromatic heterocycles. The Bertz CT molecular complexity index is 694. The van der Waals surface area contributed by atoms with Crippen LogP contribution < -0.4 is 4.74 Å². The number of alkyl halides is 3. The van der Waals surface area contributed by atoms with Crippen molar-refractivity contribution in [3.05, 3.63) is 18.2 Å². The van der Waals surface area contributed by atoms with Gasteiger partial charge in [0.05, 0.1) is 4.90 Å².